The SMILES string of the molecule is Cc1cc(CNC(=O)c2cc(COc3c(F)cccc3F)on2)n[nH]1. The molecule has 3 rings (SSSR count). The van der Waals surface area contributed by atoms with Crippen LogP contribution < -0.4 is 10.1 Å². The van der Waals surface area contributed by atoms with Crippen LogP contribution in [0, 0.1) is 18.6 Å². The molecule has 0 atom stereocenters. The summed E-state index contributed by atoms with van der Waals surface area (Å²) in [6.07, 6.45) is 0. The van der Waals surface area contributed by atoms with Gasteiger partial charge in [0.05, 0.1) is 12.2 Å². The molecule has 25 heavy (non-hydrogen) atoms. The monoisotopic (exact) mass is 348 g/mol. The Morgan fingerprint density at radius 2 is 2.08 bits per heavy atom. The quantitative estimate of drug-likeness (QED) is 0.714. The smallest absolute Gasteiger partial charge is 0.273 e. The van der Waals surface area contributed by atoms with Gasteiger partial charge < -0.3 is 14.6 Å². The Hall–Kier alpha value is -3.23. The van der Waals surface area contributed by atoms with Gasteiger partial charge in [-0.1, -0.05) is 11.2 Å². The fourth-order valence-electron chi connectivity index (χ4n) is 2.08. The van der Waals surface area contributed by atoms with E-state index < -0.39 is 23.3 Å². The van der Waals surface area contributed by atoms with Crippen molar-refractivity contribution in [2.45, 2.75) is 20.1 Å². The number of rotatable bonds is 6. The average Bonchev–Trinajstić information content (AvgIpc) is 3.21. The zero-order valence-corrected chi connectivity index (χ0v) is 13.2. The van der Waals surface area contributed by atoms with Gasteiger partial charge in [-0.3, -0.25) is 9.89 Å². The van der Waals surface area contributed by atoms with E-state index >= 15 is 0 Å². The van der Waals surface area contributed by atoms with E-state index in [2.05, 4.69) is 20.7 Å². The highest BCUT2D eigenvalue weighted by molar-refractivity contribution is 5.92. The van der Waals surface area contributed by atoms with Crippen LogP contribution >= 0.6 is 0 Å². The summed E-state index contributed by atoms with van der Waals surface area (Å²) in [6.45, 7) is 1.81. The second-order valence-electron chi connectivity index (χ2n) is 5.24. The average molecular weight is 348 g/mol. The minimum atomic E-state index is -0.827. The molecule has 0 fully saturated rings. The molecule has 130 valence electrons. The van der Waals surface area contributed by atoms with Gasteiger partial charge in [0.15, 0.2) is 28.8 Å². The van der Waals surface area contributed by atoms with E-state index in [0.29, 0.717) is 5.69 Å². The van der Waals surface area contributed by atoms with Crippen LogP contribution in [-0.2, 0) is 13.2 Å². The number of benzene rings is 1. The third-order valence-electron chi connectivity index (χ3n) is 3.26. The maximum Gasteiger partial charge on any atom is 0.273 e. The van der Waals surface area contributed by atoms with E-state index in [4.69, 9.17) is 9.26 Å². The summed E-state index contributed by atoms with van der Waals surface area (Å²) < 4.78 is 36.9. The Kier molecular flexibility index (Phi) is 4.73. The lowest BCUT2D eigenvalue weighted by molar-refractivity contribution is 0.0941. The van der Waals surface area contributed by atoms with E-state index in [1.165, 1.54) is 12.1 Å². The zero-order valence-electron chi connectivity index (χ0n) is 13.2. The van der Waals surface area contributed by atoms with Crippen molar-refractivity contribution in [1.29, 1.82) is 0 Å². The summed E-state index contributed by atoms with van der Waals surface area (Å²) >= 11 is 0. The van der Waals surface area contributed by atoms with Crippen molar-refractivity contribution in [2.75, 3.05) is 0 Å². The normalized spacial score (nSPS) is 10.7. The van der Waals surface area contributed by atoms with Gasteiger partial charge in [-0.2, -0.15) is 5.10 Å². The Bertz CT molecular complexity index is 871. The predicted octanol–water partition coefficient (Wildman–Crippen LogP) is 2.49. The van der Waals surface area contributed by atoms with Gasteiger partial charge >= 0.3 is 0 Å². The topological polar surface area (TPSA) is 93.0 Å². The predicted molar refractivity (Wildman–Crippen MR) is 81.7 cm³/mol. The molecule has 0 saturated carbocycles. The van der Waals surface area contributed by atoms with Crippen molar-refractivity contribution < 1.29 is 22.8 Å². The first-order chi connectivity index (χ1) is 12.0. The lowest BCUT2D eigenvalue weighted by Crippen LogP contribution is -2.23. The summed E-state index contributed by atoms with van der Waals surface area (Å²) in [5.41, 5.74) is 1.58. The number of carbonyl (C=O) groups excluding carboxylic acids is 1. The Balaban J connectivity index is 1.57. The number of nitrogens with one attached hydrogen (secondary N) is 2. The summed E-state index contributed by atoms with van der Waals surface area (Å²) in [6, 6.07) is 6.52. The number of carbonyl (C=O) groups is 1. The first kappa shape index (κ1) is 16.6. The van der Waals surface area contributed by atoms with Crippen LogP contribution in [0.25, 0.3) is 0 Å². The molecule has 0 saturated heterocycles. The Labute approximate surface area is 141 Å². The highest BCUT2D eigenvalue weighted by Gasteiger charge is 2.15. The molecule has 0 bridgehead atoms. The largest absolute Gasteiger partial charge is 0.479 e. The van der Waals surface area contributed by atoms with Crippen LogP contribution in [0.3, 0.4) is 0 Å². The van der Waals surface area contributed by atoms with Crippen LogP contribution in [0.5, 0.6) is 5.75 Å². The van der Waals surface area contributed by atoms with Gasteiger partial charge in [0.1, 0.15) is 6.61 Å². The maximum atomic E-state index is 13.5. The Morgan fingerprint density at radius 3 is 2.76 bits per heavy atom. The van der Waals surface area contributed by atoms with Gasteiger partial charge in [0.25, 0.3) is 5.91 Å². The number of ether oxygens (including phenoxy) is 1. The number of nitrogens with zero attached hydrogens (tertiary/aromatic N) is 2. The van der Waals surface area contributed by atoms with Gasteiger partial charge in [-0.05, 0) is 25.1 Å². The second-order valence-corrected chi connectivity index (χ2v) is 5.24. The van der Waals surface area contributed by atoms with Crippen molar-refractivity contribution in [3.05, 3.63) is 64.8 Å². The molecule has 7 nitrogen and oxygen atoms in total. The van der Waals surface area contributed by atoms with Gasteiger partial charge in [0, 0.05) is 11.8 Å². The van der Waals surface area contributed by atoms with Gasteiger partial charge in [-0.25, -0.2) is 8.78 Å². The fraction of sp³-hybridized carbons (Fsp3) is 0.188. The first-order valence-electron chi connectivity index (χ1n) is 7.34. The van der Waals surface area contributed by atoms with Gasteiger partial charge in [-0.15, -0.1) is 0 Å². The molecule has 2 aromatic heterocycles. The molecule has 0 aliphatic heterocycles. The molecule has 0 aliphatic carbocycles. The maximum absolute atomic E-state index is 13.5. The molecular weight excluding hydrogens is 334 g/mol. The zero-order chi connectivity index (χ0) is 17.8. The van der Waals surface area contributed by atoms with Crippen molar-refractivity contribution in [1.82, 2.24) is 20.7 Å². The third-order valence-corrected chi connectivity index (χ3v) is 3.26. The van der Waals surface area contributed by atoms with E-state index in [0.717, 1.165) is 17.8 Å². The highest BCUT2D eigenvalue weighted by atomic mass is 19.1. The minimum Gasteiger partial charge on any atom is -0.479 e. The number of H-pyrrole nitrogens is 1. The van der Waals surface area contributed by atoms with E-state index in [1.54, 1.807) is 6.07 Å². The number of aromatic amines is 1. The number of aromatic nitrogens is 3. The van der Waals surface area contributed by atoms with Crippen LogP contribution in [0.15, 0.2) is 34.9 Å². The van der Waals surface area contributed by atoms with E-state index in [9.17, 15) is 13.6 Å². The van der Waals surface area contributed by atoms with E-state index in [-0.39, 0.29) is 24.6 Å². The second kappa shape index (κ2) is 7.12. The van der Waals surface area contributed by atoms with Crippen molar-refractivity contribution in [3.63, 3.8) is 0 Å². The standard InChI is InChI=1S/C16H14F2N4O3/c1-9-5-10(21-20-9)7-19-16(23)14-6-11(25-22-14)8-24-15-12(17)3-2-4-13(15)18/h2-6H,7-8H2,1H3,(H,19,23)(H,20,21). The molecular formula is C16H14F2N4O3. The summed E-state index contributed by atoms with van der Waals surface area (Å²) in [7, 11) is 0. The number of para-hydroxylation sites is 1. The lowest BCUT2D eigenvalue weighted by Gasteiger charge is -2.05. The molecule has 9 heteroatoms. The molecule has 1 amide bonds. The van der Waals surface area contributed by atoms with E-state index in [1.807, 2.05) is 6.92 Å². The molecule has 0 spiro atoms. The van der Waals surface area contributed by atoms with Crippen LogP contribution in [0.4, 0.5) is 8.78 Å². The summed E-state index contributed by atoms with van der Waals surface area (Å²) in [4.78, 5) is 12.0. The number of hydrogen-bond donors (Lipinski definition) is 2. The molecule has 3 aromatic rings. The van der Waals surface area contributed by atoms with Crippen LogP contribution in [0.1, 0.15) is 27.6 Å². The number of halogens is 2. The summed E-state index contributed by atoms with van der Waals surface area (Å²) in [5, 5.41) is 13.0. The third kappa shape index (κ3) is 4.00. The molecule has 2 heterocycles. The molecule has 1 aromatic carbocycles. The first-order valence-corrected chi connectivity index (χ1v) is 7.34. The Morgan fingerprint density at radius 1 is 1.32 bits per heavy atom. The number of hydrogen-bond acceptors (Lipinski definition) is 5. The highest BCUT2D eigenvalue weighted by Crippen LogP contribution is 2.22. The lowest BCUT2D eigenvalue weighted by atomic mass is 10.3. The fourth-order valence-corrected chi connectivity index (χ4v) is 2.08. The van der Waals surface area contributed by atoms with Crippen LogP contribution in [0.2, 0.25) is 0 Å². The molecule has 0 aliphatic rings. The molecule has 0 radical (unpaired) electrons. The van der Waals surface area contributed by atoms with Crippen molar-refractivity contribution in [2.24, 2.45) is 0 Å². The molecule has 2 N–H and O–H groups in total. The molecule has 0 unspecified atom stereocenters. The minimum absolute atomic E-state index is 0.0277. The van der Waals surface area contributed by atoms with Gasteiger partial charge in [0.2, 0.25) is 0 Å². The number of aryl methyl sites for hydroxylation is 1. The summed E-state index contributed by atoms with van der Waals surface area (Å²) in [5.74, 6) is -2.48. The van der Waals surface area contributed by atoms with Crippen molar-refractivity contribution >= 4 is 5.91 Å². The van der Waals surface area contributed by atoms with Crippen molar-refractivity contribution in [3.8, 4) is 5.75 Å². The number of amides is 1. The van der Waals surface area contributed by atoms with Crippen LogP contribution in [-0.4, -0.2) is 21.3 Å².